The molecule has 0 spiro atoms. The molecule has 0 aliphatic rings. The minimum atomic E-state index is -0.535. The molecule has 0 radical (unpaired) electrons. The number of methoxy groups -OCH3 is 1. The van der Waals surface area contributed by atoms with Gasteiger partial charge < -0.3 is 14.2 Å². The predicted molar refractivity (Wildman–Crippen MR) is 164 cm³/mol. The molecule has 0 saturated carbocycles. The van der Waals surface area contributed by atoms with Crippen LogP contribution in [0, 0.1) is 0 Å². The molecule has 1 N–H and O–H groups in total. The van der Waals surface area contributed by atoms with Crippen LogP contribution in [0.2, 0.25) is 10.0 Å². The summed E-state index contributed by atoms with van der Waals surface area (Å²) in [6.07, 6.45) is 1.46. The maximum absolute atomic E-state index is 12.9. The summed E-state index contributed by atoms with van der Waals surface area (Å²) >= 11 is 12.1. The van der Waals surface area contributed by atoms with Crippen LogP contribution in [0.5, 0.6) is 17.2 Å². The van der Waals surface area contributed by atoms with Gasteiger partial charge in [-0.3, -0.25) is 4.79 Å². The normalized spacial score (nSPS) is 10.9. The second-order valence-corrected chi connectivity index (χ2v) is 9.91. The predicted octanol–water partition coefficient (Wildman–Crippen LogP) is 7.72. The van der Waals surface area contributed by atoms with Gasteiger partial charge >= 0.3 is 5.97 Å². The van der Waals surface area contributed by atoms with Gasteiger partial charge in [-0.15, -0.1) is 0 Å². The number of rotatable bonds is 9. The molecular formula is C33H24Cl2N2O5. The van der Waals surface area contributed by atoms with Crippen LogP contribution in [0.15, 0.2) is 108 Å². The van der Waals surface area contributed by atoms with Crippen LogP contribution in [0.3, 0.4) is 0 Å². The van der Waals surface area contributed by atoms with Crippen molar-refractivity contribution < 1.29 is 23.8 Å². The third-order valence-corrected chi connectivity index (χ3v) is 6.93. The van der Waals surface area contributed by atoms with E-state index in [0.717, 1.165) is 16.3 Å². The van der Waals surface area contributed by atoms with E-state index in [0.29, 0.717) is 44.0 Å². The smallest absolute Gasteiger partial charge is 0.343 e. The first-order chi connectivity index (χ1) is 20.4. The summed E-state index contributed by atoms with van der Waals surface area (Å²) < 4.78 is 16.7. The van der Waals surface area contributed by atoms with E-state index in [1.54, 1.807) is 79.9 Å². The number of halogens is 2. The number of hydrogen-bond donors (Lipinski definition) is 1. The molecule has 0 unspecified atom stereocenters. The Kier molecular flexibility index (Phi) is 9.02. The van der Waals surface area contributed by atoms with Gasteiger partial charge in [0.05, 0.1) is 18.9 Å². The van der Waals surface area contributed by atoms with Crippen molar-refractivity contribution in [2.45, 2.75) is 6.61 Å². The molecule has 0 aliphatic heterocycles. The van der Waals surface area contributed by atoms with Crippen molar-refractivity contribution in [2.75, 3.05) is 7.11 Å². The van der Waals surface area contributed by atoms with Crippen molar-refractivity contribution in [3.8, 4) is 17.2 Å². The molecule has 0 aliphatic carbocycles. The Morgan fingerprint density at radius 3 is 2.29 bits per heavy atom. The Labute approximate surface area is 252 Å². The van der Waals surface area contributed by atoms with Crippen molar-refractivity contribution in [1.82, 2.24) is 5.43 Å². The zero-order chi connectivity index (χ0) is 29.5. The fourth-order valence-electron chi connectivity index (χ4n) is 4.11. The van der Waals surface area contributed by atoms with Crippen LogP contribution in [0.4, 0.5) is 0 Å². The fraction of sp³-hybridized carbons (Fsp3) is 0.0606. The van der Waals surface area contributed by atoms with Crippen LogP contribution in [-0.4, -0.2) is 25.2 Å². The number of ether oxygens (including phenoxy) is 3. The van der Waals surface area contributed by atoms with E-state index in [2.05, 4.69) is 10.5 Å². The zero-order valence-electron chi connectivity index (χ0n) is 22.3. The third-order valence-electron chi connectivity index (χ3n) is 6.34. The second kappa shape index (κ2) is 13.2. The summed E-state index contributed by atoms with van der Waals surface area (Å²) in [5.74, 6) is 0.545. The molecule has 5 aromatic rings. The Bertz CT molecular complexity index is 1770. The molecule has 0 bridgehead atoms. The lowest BCUT2D eigenvalue weighted by atomic mass is 10.0. The van der Waals surface area contributed by atoms with Gasteiger partial charge in [0.1, 0.15) is 23.9 Å². The molecule has 5 aromatic carbocycles. The number of hydrogen-bond acceptors (Lipinski definition) is 6. The lowest BCUT2D eigenvalue weighted by molar-refractivity contribution is 0.0734. The molecule has 210 valence electrons. The van der Waals surface area contributed by atoms with Crippen LogP contribution in [0.25, 0.3) is 10.8 Å². The number of amides is 1. The zero-order valence-corrected chi connectivity index (χ0v) is 23.9. The number of fused-ring (bicyclic) bond motifs is 1. The van der Waals surface area contributed by atoms with Crippen molar-refractivity contribution >= 4 is 52.1 Å². The maximum atomic E-state index is 12.9. The van der Waals surface area contributed by atoms with E-state index in [9.17, 15) is 9.59 Å². The van der Waals surface area contributed by atoms with Crippen molar-refractivity contribution in [3.05, 3.63) is 135 Å². The van der Waals surface area contributed by atoms with E-state index in [1.807, 2.05) is 30.3 Å². The van der Waals surface area contributed by atoms with Crippen molar-refractivity contribution in [3.63, 3.8) is 0 Å². The SMILES string of the molecule is COc1ccc(C(=O)Oc2ccc3ccccc3c2/C=N/NC(=O)c2ccc(OCc3ccc(Cl)cc3Cl)cc2)cc1. The van der Waals surface area contributed by atoms with Gasteiger partial charge in [-0.1, -0.05) is 59.6 Å². The summed E-state index contributed by atoms with van der Waals surface area (Å²) in [5, 5.41) is 6.95. The van der Waals surface area contributed by atoms with Gasteiger partial charge in [0.2, 0.25) is 0 Å². The van der Waals surface area contributed by atoms with E-state index >= 15 is 0 Å². The summed E-state index contributed by atoms with van der Waals surface area (Å²) in [6, 6.07) is 29.6. The number of carbonyl (C=O) groups excluding carboxylic acids is 2. The quantitative estimate of drug-likeness (QED) is 0.0812. The average molecular weight is 599 g/mol. The van der Waals surface area contributed by atoms with E-state index in [4.69, 9.17) is 37.4 Å². The molecule has 0 aromatic heterocycles. The first-order valence-electron chi connectivity index (χ1n) is 12.8. The molecule has 0 heterocycles. The highest BCUT2D eigenvalue weighted by atomic mass is 35.5. The maximum Gasteiger partial charge on any atom is 0.343 e. The molecular weight excluding hydrogens is 575 g/mol. The minimum absolute atomic E-state index is 0.252. The van der Waals surface area contributed by atoms with Gasteiger partial charge in [0, 0.05) is 26.7 Å². The molecule has 9 heteroatoms. The summed E-state index contributed by atoms with van der Waals surface area (Å²) in [7, 11) is 1.55. The van der Waals surface area contributed by atoms with Crippen LogP contribution in [-0.2, 0) is 6.61 Å². The average Bonchev–Trinajstić information content (AvgIpc) is 3.01. The summed E-state index contributed by atoms with van der Waals surface area (Å²) in [4.78, 5) is 25.6. The van der Waals surface area contributed by atoms with E-state index in [1.165, 1.54) is 6.21 Å². The van der Waals surface area contributed by atoms with Gasteiger partial charge in [-0.2, -0.15) is 5.10 Å². The Morgan fingerprint density at radius 1 is 0.833 bits per heavy atom. The molecule has 0 saturated heterocycles. The Balaban J connectivity index is 1.27. The van der Waals surface area contributed by atoms with Crippen molar-refractivity contribution in [2.24, 2.45) is 5.10 Å². The molecule has 0 atom stereocenters. The molecule has 0 fully saturated rings. The van der Waals surface area contributed by atoms with Crippen LogP contribution >= 0.6 is 23.2 Å². The second-order valence-electron chi connectivity index (χ2n) is 9.06. The highest BCUT2D eigenvalue weighted by molar-refractivity contribution is 6.35. The van der Waals surface area contributed by atoms with Crippen molar-refractivity contribution in [1.29, 1.82) is 0 Å². The van der Waals surface area contributed by atoms with Crippen LogP contribution in [0.1, 0.15) is 31.8 Å². The molecule has 5 rings (SSSR count). The Hall–Kier alpha value is -4.85. The lowest BCUT2D eigenvalue weighted by Crippen LogP contribution is -2.17. The summed E-state index contributed by atoms with van der Waals surface area (Å²) in [5.41, 5.74) is 4.61. The standard InChI is InChI=1S/C33H24Cl2N2O5/c1-40-26-13-9-23(10-14-26)33(39)42-31-17-11-21-4-2-3-5-28(21)29(31)19-36-37-32(38)22-7-15-27(16-8-22)41-20-24-6-12-25(34)18-30(24)35/h2-19H,20H2,1H3,(H,37,38)/b36-19+. The third kappa shape index (κ3) is 6.89. The van der Waals surface area contributed by atoms with Gasteiger partial charge in [0.15, 0.2) is 0 Å². The monoisotopic (exact) mass is 598 g/mol. The highest BCUT2D eigenvalue weighted by Gasteiger charge is 2.14. The number of esters is 1. The van der Waals surface area contributed by atoms with Gasteiger partial charge in [-0.05, 0) is 77.5 Å². The Morgan fingerprint density at radius 2 is 1.55 bits per heavy atom. The number of nitrogens with one attached hydrogen (secondary N) is 1. The molecule has 7 nitrogen and oxygen atoms in total. The number of nitrogens with zero attached hydrogens (tertiary/aromatic N) is 1. The lowest BCUT2D eigenvalue weighted by Gasteiger charge is -2.11. The van der Waals surface area contributed by atoms with E-state index < -0.39 is 11.9 Å². The fourth-order valence-corrected chi connectivity index (χ4v) is 4.57. The first kappa shape index (κ1) is 28.7. The molecule has 42 heavy (non-hydrogen) atoms. The minimum Gasteiger partial charge on any atom is -0.497 e. The largest absolute Gasteiger partial charge is 0.497 e. The molecule has 1 amide bonds. The van der Waals surface area contributed by atoms with E-state index in [-0.39, 0.29) is 6.61 Å². The topological polar surface area (TPSA) is 86.2 Å². The van der Waals surface area contributed by atoms with Gasteiger partial charge in [-0.25, -0.2) is 10.2 Å². The number of carbonyl (C=O) groups is 2. The van der Waals surface area contributed by atoms with Crippen LogP contribution < -0.4 is 19.6 Å². The highest BCUT2D eigenvalue weighted by Crippen LogP contribution is 2.28. The first-order valence-corrected chi connectivity index (χ1v) is 13.5. The number of benzene rings is 5. The summed E-state index contributed by atoms with van der Waals surface area (Å²) in [6.45, 7) is 0.252. The number of hydrazone groups is 1. The van der Waals surface area contributed by atoms with Gasteiger partial charge in [0.25, 0.3) is 5.91 Å².